The van der Waals surface area contributed by atoms with Crippen LogP contribution in [0.2, 0.25) is 0 Å². The predicted octanol–water partition coefficient (Wildman–Crippen LogP) is 4.36. The van der Waals surface area contributed by atoms with Crippen LogP contribution >= 0.6 is 0 Å². The van der Waals surface area contributed by atoms with E-state index in [1.165, 1.54) is 22.3 Å². The molecule has 4 rings (SSSR count). The van der Waals surface area contributed by atoms with Gasteiger partial charge < -0.3 is 9.47 Å². The molecule has 0 radical (unpaired) electrons. The lowest BCUT2D eigenvalue weighted by Crippen LogP contribution is -2.32. The van der Waals surface area contributed by atoms with E-state index in [-0.39, 0.29) is 5.41 Å². The second kappa shape index (κ2) is 7.17. The highest BCUT2D eigenvalue weighted by atomic mass is 16.5. The van der Waals surface area contributed by atoms with Crippen LogP contribution in [0.25, 0.3) is 0 Å². The fourth-order valence-electron chi connectivity index (χ4n) is 3.93. The van der Waals surface area contributed by atoms with Crippen molar-refractivity contribution in [2.45, 2.75) is 46.2 Å². The number of rotatable bonds is 4. The summed E-state index contributed by atoms with van der Waals surface area (Å²) in [4.78, 5) is 4.63. The second-order valence-electron chi connectivity index (χ2n) is 8.11. The van der Waals surface area contributed by atoms with Crippen LogP contribution in [0, 0.1) is 0 Å². The van der Waals surface area contributed by atoms with Crippen molar-refractivity contribution >= 4 is 0 Å². The molecule has 0 spiro atoms. The standard InChI is InChI=1S/C23H30N2O2/c1-5-24-13-17-11-19(7-9-21(17)26-15-24)23(3,4)20-8-10-22-18(12-20)14-25(6-2)16-27-22/h7-12H,5-6,13-16H2,1-4H3. The first-order valence-corrected chi connectivity index (χ1v) is 9.98. The summed E-state index contributed by atoms with van der Waals surface area (Å²) in [5.41, 5.74) is 5.14. The molecule has 2 aliphatic heterocycles. The average Bonchev–Trinajstić information content (AvgIpc) is 2.71. The van der Waals surface area contributed by atoms with Gasteiger partial charge in [-0.15, -0.1) is 0 Å². The van der Waals surface area contributed by atoms with E-state index in [0.717, 1.165) is 37.7 Å². The monoisotopic (exact) mass is 366 g/mol. The number of ether oxygens (including phenoxy) is 2. The van der Waals surface area contributed by atoms with Gasteiger partial charge in [-0.25, -0.2) is 0 Å². The molecule has 0 amide bonds. The summed E-state index contributed by atoms with van der Waals surface area (Å²) in [5, 5.41) is 0. The molecular weight excluding hydrogens is 336 g/mol. The first kappa shape index (κ1) is 18.3. The Labute approximate surface area is 162 Å². The maximum Gasteiger partial charge on any atom is 0.142 e. The van der Waals surface area contributed by atoms with E-state index >= 15 is 0 Å². The van der Waals surface area contributed by atoms with Crippen molar-refractivity contribution in [3.8, 4) is 11.5 Å². The molecule has 4 nitrogen and oxygen atoms in total. The van der Waals surface area contributed by atoms with Crippen molar-refractivity contribution in [3.05, 3.63) is 58.7 Å². The molecule has 27 heavy (non-hydrogen) atoms. The minimum absolute atomic E-state index is 0.0763. The Balaban J connectivity index is 1.66. The van der Waals surface area contributed by atoms with E-state index in [1.807, 2.05) is 0 Å². The summed E-state index contributed by atoms with van der Waals surface area (Å²) in [7, 11) is 0. The van der Waals surface area contributed by atoms with Gasteiger partial charge in [-0.2, -0.15) is 0 Å². The van der Waals surface area contributed by atoms with Crippen LogP contribution in [0.15, 0.2) is 36.4 Å². The lowest BCUT2D eigenvalue weighted by atomic mass is 9.77. The van der Waals surface area contributed by atoms with Gasteiger partial charge in [0.2, 0.25) is 0 Å². The summed E-state index contributed by atoms with van der Waals surface area (Å²) in [6.45, 7) is 14.3. The number of hydrogen-bond acceptors (Lipinski definition) is 4. The Morgan fingerprint density at radius 2 is 1.22 bits per heavy atom. The normalized spacial score (nSPS) is 17.6. The van der Waals surface area contributed by atoms with Crippen molar-refractivity contribution in [1.29, 1.82) is 0 Å². The zero-order valence-electron chi connectivity index (χ0n) is 16.9. The van der Waals surface area contributed by atoms with Gasteiger partial charge in [0, 0.05) is 29.6 Å². The van der Waals surface area contributed by atoms with Crippen LogP contribution in [-0.4, -0.2) is 36.4 Å². The second-order valence-corrected chi connectivity index (χ2v) is 8.11. The Kier molecular flexibility index (Phi) is 4.87. The summed E-state index contributed by atoms with van der Waals surface area (Å²) in [5.74, 6) is 2.05. The van der Waals surface area contributed by atoms with Gasteiger partial charge in [0.1, 0.15) is 25.0 Å². The van der Waals surface area contributed by atoms with Crippen molar-refractivity contribution in [2.75, 3.05) is 26.6 Å². The van der Waals surface area contributed by atoms with Gasteiger partial charge in [0.05, 0.1) is 0 Å². The van der Waals surface area contributed by atoms with Crippen molar-refractivity contribution in [3.63, 3.8) is 0 Å². The maximum absolute atomic E-state index is 5.90. The Bertz CT molecular complexity index is 764. The zero-order valence-corrected chi connectivity index (χ0v) is 16.9. The Hall–Kier alpha value is -2.04. The minimum atomic E-state index is -0.0763. The fraction of sp³-hybridized carbons (Fsp3) is 0.478. The number of hydrogen-bond donors (Lipinski definition) is 0. The predicted molar refractivity (Wildman–Crippen MR) is 108 cm³/mol. The van der Waals surface area contributed by atoms with Crippen LogP contribution in [0.4, 0.5) is 0 Å². The van der Waals surface area contributed by atoms with E-state index < -0.39 is 0 Å². The Morgan fingerprint density at radius 1 is 0.778 bits per heavy atom. The lowest BCUT2D eigenvalue weighted by Gasteiger charge is -2.33. The lowest BCUT2D eigenvalue weighted by molar-refractivity contribution is 0.101. The molecule has 0 unspecified atom stereocenters. The first-order chi connectivity index (χ1) is 13.0. The topological polar surface area (TPSA) is 24.9 Å². The highest BCUT2D eigenvalue weighted by Gasteiger charge is 2.27. The molecule has 2 aliphatic rings. The van der Waals surface area contributed by atoms with Gasteiger partial charge in [-0.1, -0.05) is 39.8 Å². The third kappa shape index (κ3) is 3.44. The highest BCUT2D eigenvalue weighted by molar-refractivity contribution is 5.48. The van der Waals surface area contributed by atoms with Gasteiger partial charge in [0.15, 0.2) is 0 Å². The highest BCUT2D eigenvalue weighted by Crippen LogP contribution is 2.38. The van der Waals surface area contributed by atoms with Gasteiger partial charge in [-0.05, 0) is 48.5 Å². The number of fused-ring (bicyclic) bond motifs is 2. The van der Waals surface area contributed by atoms with E-state index in [9.17, 15) is 0 Å². The van der Waals surface area contributed by atoms with Gasteiger partial charge >= 0.3 is 0 Å². The van der Waals surface area contributed by atoms with Crippen LogP contribution in [-0.2, 0) is 18.5 Å². The SMILES string of the molecule is CCN1COc2ccc(C(C)(C)c3ccc4c(c3)CN(CC)CO4)cc2C1. The smallest absolute Gasteiger partial charge is 0.142 e. The molecule has 144 valence electrons. The van der Waals surface area contributed by atoms with Crippen molar-refractivity contribution in [2.24, 2.45) is 0 Å². The maximum atomic E-state index is 5.90. The van der Waals surface area contributed by atoms with E-state index in [4.69, 9.17) is 9.47 Å². The molecule has 0 fully saturated rings. The van der Waals surface area contributed by atoms with Crippen LogP contribution in [0.1, 0.15) is 49.9 Å². The molecule has 0 atom stereocenters. The molecule has 0 saturated carbocycles. The minimum Gasteiger partial charge on any atom is -0.478 e. The summed E-state index contributed by atoms with van der Waals surface area (Å²) < 4.78 is 11.8. The van der Waals surface area contributed by atoms with Crippen molar-refractivity contribution < 1.29 is 9.47 Å². The average molecular weight is 367 g/mol. The van der Waals surface area contributed by atoms with Crippen LogP contribution < -0.4 is 9.47 Å². The summed E-state index contributed by atoms with van der Waals surface area (Å²) >= 11 is 0. The molecule has 0 saturated heterocycles. The number of benzene rings is 2. The molecule has 0 bridgehead atoms. The fourth-order valence-corrected chi connectivity index (χ4v) is 3.93. The molecular formula is C23H30N2O2. The third-order valence-electron chi connectivity index (χ3n) is 6.05. The van der Waals surface area contributed by atoms with Crippen molar-refractivity contribution in [1.82, 2.24) is 9.80 Å². The largest absolute Gasteiger partial charge is 0.478 e. The molecule has 0 N–H and O–H groups in total. The molecule has 2 heterocycles. The summed E-state index contributed by atoms with van der Waals surface area (Å²) in [6, 6.07) is 13.4. The quantitative estimate of drug-likeness (QED) is 0.803. The van der Waals surface area contributed by atoms with Gasteiger partial charge in [-0.3, -0.25) is 9.80 Å². The molecule has 4 heteroatoms. The molecule has 2 aromatic carbocycles. The van der Waals surface area contributed by atoms with E-state index in [2.05, 4.69) is 73.9 Å². The number of nitrogens with zero attached hydrogens (tertiary/aromatic N) is 2. The summed E-state index contributed by atoms with van der Waals surface area (Å²) in [6.07, 6.45) is 0. The Morgan fingerprint density at radius 3 is 1.63 bits per heavy atom. The van der Waals surface area contributed by atoms with Crippen LogP contribution in [0.3, 0.4) is 0 Å². The van der Waals surface area contributed by atoms with Gasteiger partial charge in [0.25, 0.3) is 0 Å². The zero-order chi connectivity index (χ0) is 19.0. The molecule has 0 aromatic heterocycles. The molecule has 0 aliphatic carbocycles. The first-order valence-electron chi connectivity index (χ1n) is 9.98. The van der Waals surface area contributed by atoms with Crippen LogP contribution in [0.5, 0.6) is 11.5 Å². The van der Waals surface area contributed by atoms with E-state index in [1.54, 1.807) is 0 Å². The third-order valence-corrected chi connectivity index (χ3v) is 6.05. The van der Waals surface area contributed by atoms with E-state index in [0.29, 0.717) is 13.5 Å². The molecule has 2 aromatic rings.